The molecule has 1 saturated carbocycles. The van der Waals surface area contributed by atoms with Gasteiger partial charge in [-0.3, -0.25) is 4.79 Å². The van der Waals surface area contributed by atoms with Crippen LogP contribution in [-0.2, 0) is 11.2 Å². The molecule has 4 nitrogen and oxygen atoms in total. The van der Waals surface area contributed by atoms with E-state index in [0.29, 0.717) is 11.9 Å². The quantitative estimate of drug-likeness (QED) is 0.885. The smallest absolute Gasteiger partial charge is 0.228 e. The summed E-state index contributed by atoms with van der Waals surface area (Å²) in [6.07, 6.45) is 8.52. The Morgan fingerprint density at radius 1 is 1.12 bits per heavy atom. The summed E-state index contributed by atoms with van der Waals surface area (Å²) < 4.78 is 0. The van der Waals surface area contributed by atoms with Crippen LogP contribution in [-0.4, -0.2) is 16.9 Å². The summed E-state index contributed by atoms with van der Waals surface area (Å²) in [5.74, 6) is 0.931. The number of benzene rings is 1. The Balaban J connectivity index is 1.48. The first-order valence-electron chi connectivity index (χ1n) is 9.36. The molecule has 0 saturated heterocycles. The standard InChI is InChI=1S/C21H25N3O/c1-15-13-17-9-5-6-10-19(17)24(15)18-11-12-20(22-14-18)23-21(25)16-7-3-2-4-8-16/h5-6,9-12,14-16H,2-4,7-8,13H2,1H3,(H,22,23,25). The number of hydrogen-bond acceptors (Lipinski definition) is 3. The fourth-order valence-corrected chi connectivity index (χ4v) is 4.15. The lowest BCUT2D eigenvalue weighted by Gasteiger charge is -2.25. The Morgan fingerprint density at radius 3 is 2.68 bits per heavy atom. The lowest BCUT2D eigenvalue weighted by Crippen LogP contribution is -2.26. The van der Waals surface area contributed by atoms with Crippen molar-refractivity contribution in [3.05, 3.63) is 48.2 Å². The molecule has 2 heterocycles. The Morgan fingerprint density at radius 2 is 1.92 bits per heavy atom. The Bertz CT molecular complexity index is 750. The summed E-state index contributed by atoms with van der Waals surface area (Å²) in [5, 5.41) is 2.99. The predicted octanol–water partition coefficient (Wildman–Crippen LogP) is 4.68. The van der Waals surface area contributed by atoms with Crippen LogP contribution >= 0.6 is 0 Å². The molecule has 1 fully saturated rings. The summed E-state index contributed by atoms with van der Waals surface area (Å²) >= 11 is 0. The van der Waals surface area contributed by atoms with Gasteiger partial charge in [0.1, 0.15) is 5.82 Å². The summed E-state index contributed by atoms with van der Waals surface area (Å²) in [6.45, 7) is 2.23. The van der Waals surface area contributed by atoms with E-state index in [2.05, 4.69) is 52.5 Å². The zero-order valence-corrected chi connectivity index (χ0v) is 14.7. The zero-order chi connectivity index (χ0) is 17.2. The molecule has 1 amide bonds. The van der Waals surface area contributed by atoms with Crippen molar-refractivity contribution in [3.63, 3.8) is 0 Å². The van der Waals surface area contributed by atoms with E-state index in [4.69, 9.17) is 0 Å². The van der Waals surface area contributed by atoms with E-state index in [1.807, 2.05) is 12.3 Å². The van der Waals surface area contributed by atoms with Gasteiger partial charge in [-0.05, 0) is 49.9 Å². The normalized spacial score (nSPS) is 20.4. The summed E-state index contributed by atoms with van der Waals surface area (Å²) in [6, 6.07) is 12.9. The average Bonchev–Trinajstić information content (AvgIpc) is 2.99. The van der Waals surface area contributed by atoms with Crippen molar-refractivity contribution in [1.29, 1.82) is 0 Å². The molecule has 1 aliphatic carbocycles. The molecule has 1 aromatic carbocycles. The van der Waals surface area contributed by atoms with Gasteiger partial charge in [-0.25, -0.2) is 4.98 Å². The van der Waals surface area contributed by atoms with Crippen LogP contribution in [0, 0.1) is 5.92 Å². The minimum atomic E-state index is 0.125. The first kappa shape index (κ1) is 16.1. The molecule has 1 aliphatic heterocycles. The molecule has 2 aliphatic rings. The Hall–Kier alpha value is -2.36. The maximum atomic E-state index is 12.4. The molecule has 1 atom stereocenters. The fourth-order valence-electron chi connectivity index (χ4n) is 4.15. The number of pyridine rings is 1. The predicted molar refractivity (Wildman–Crippen MR) is 101 cm³/mol. The van der Waals surface area contributed by atoms with Crippen LogP contribution in [0.2, 0.25) is 0 Å². The van der Waals surface area contributed by atoms with Crippen molar-refractivity contribution < 1.29 is 4.79 Å². The summed E-state index contributed by atoms with van der Waals surface area (Å²) in [5.41, 5.74) is 3.72. The minimum Gasteiger partial charge on any atom is -0.337 e. The number of carbonyl (C=O) groups excluding carboxylic acids is 1. The molecule has 0 radical (unpaired) electrons. The van der Waals surface area contributed by atoms with Crippen LogP contribution in [0.5, 0.6) is 0 Å². The Labute approximate surface area is 149 Å². The third-order valence-corrected chi connectivity index (χ3v) is 5.46. The lowest BCUT2D eigenvalue weighted by atomic mass is 9.89. The number of fused-ring (bicyclic) bond motifs is 1. The van der Waals surface area contributed by atoms with Gasteiger partial charge in [-0.15, -0.1) is 0 Å². The van der Waals surface area contributed by atoms with Gasteiger partial charge >= 0.3 is 0 Å². The third-order valence-electron chi connectivity index (χ3n) is 5.46. The largest absolute Gasteiger partial charge is 0.337 e. The number of rotatable bonds is 3. The molecule has 0 spiro atoms. The average molecular weight is 335 g/mol. The molecule has 1 unspecified atom stereocenters. The molecule has 0 bridgehead atoms. The number of hydrogen-bond donors (Lipinski definition) is 1. The number of amides is 1. The monoisotopic (exact) mass is 335 g/mol. The number of anilines is 3. The first-order chi connectivity index (χ1) is 12.2. The summed E-state index contributed by atoms with van der Waals surface area (Å²) in [7, 11) is 0. The highest BCUT2D eigenvalue weighted by Gasteiger charge is 2.27. The van der Waals surface area contributed by atoms with Gasteiger partial charge in [0.25, 0.3) is 0 Å². The SMILES string of the molecule is CC1Cc2ccccc2N1c1ccc(NC(=O)C2CCCCC2)nc1. The van der Waals surface area contributed by atoms with Crippen molar-refractivity contribution in [2.24, 2.45) is 5.92 Å². The van der Waals surface area contributed by atoms with E-state index < -0.39 is 0 Å². The van der Waals surface area contributed by atoms with Crippen molar-refractivity contribution in [2.75, 3.05) is 10.2 Å². The topological polar surface area (TPSA) is 45.2 Å². The van der Waals surface area contributed by atoms with E-state index in [1.54, 1.807) is 0 Å². The lowest BCUT2D eigenvalue weighted by molar-refractivity contribution is -0.120. The van der Waals surface area contributed by atoms with E-state index in [0.717, 1.165) is 37.8 Å². The number of nitrogens with zero attached hydrogens (tertiary/aromatic N) is 2. The maximum Gasteiger partial charge on any atom is 0.228 e. The Kier molecular flexibility index (Phi) is 4.43. The van der Waals surface area contributed by atoms with Crippen molar-refractivity contribution >= 4 is 23.1 Å². The molecule has 4 rings (SSSR count). The van der Waals surface area contributed by atoms with Crippen molar-refractivity contribution in [2.45, 2.75) is 51.5 Å². The zero-order valence-electron chi connectivity index (χ0n) is 14.7. The number of nitrogens with one attached hydrogen (secondary N) is 1. The molecule has 130 valence electrons. The van der Waals surface area contributed by atoms with Crippen LogP contribution in [0.3, 0.4) is 0 Å². The van der Waals surface area contributed by atoms with Crippen LogP contribution in [0.1, 0.15) is 44.6 Å². The summed E-state index contributed by atoms with van der Waals surface area (Å²) in [4.78, 5) is 19.2. The second kappa shape index (κ2) is 6.87. The molecule has 1 aromatic heterocycles. The second-order valence-electron chi connectivity index (χ2n) is 7.28. The van der Waals surface area contributed by atoms with Crippen molar-refractivity contribution in [1.82, 2.24) is 4.98 Å². The number of carbonyl (C=O) groups is 1. The molecule has 25 heavy (non-hydrogen) atoms. The minimum absolute atomic E-state index is 0.125. The van der Waals surface area contributed by atoms with Gasteiger partial charge in [-0.2, -0.15) is 0 Å². The van der Waals surface area contributed by atoms with E-state index in [1.165, 1.54) is 17.7 Å². The molecule has 4 heteroatoms. The highest BCUT2D eigenvalue weighted by molar-refractivity contribution is 5.91. The van der Waals surface area contributed by atoms with Gasteiger partial charge in [0, 0.05) is 17.6 Å². The second-order valence-corrected chi connectivity index (χ2v) is 7.28. The van der Waals surface area contributed by atoms with E-state index in [9.17, 15) is 4.79 Å². The number of aromatic nitrogens is 1. The maximum absolute atomic E-state index is 12.4. The van der Waals surface area contributed by atoms with Gasteiger partial charge < -0.3 is 10.2 Å². The van der Waals surface area contributed by atoms with Gasteiger partial charge in [0.05, 0.1) is 11.9 Å². The van der Waals surface area contributed by atoms with Crippen LogP contribution in [0.15, 0.2) is 42.6 Å². The molecular weight excluding hydrogens is 310 g/mol. The fraction of sp³-hybridized carbons (Fsp3) is 0.429. The highest BCUT2D eigenvalue weighted by atomic mass is 16.1. The van der Waals surface area contributed by atoms with E-state index >= 15 is 0 Å². The van der Waals surface area contributed by atoms with Gasteiger partial charge in [-0.1, -0.05) is 37.5 Å². The van der Waals surface area contributed by atoms with Gasteiger partial charge in [0.15, 0.2) is 0 Å². The molecular formula is C21H25N3O. The highest BCUT2D eigenvalue weighted by Crippen LogP contribution is 2.37. The van der Waals surface area contributed by atoms with Crippen LogP contribution < -0.4 is 10.2 Å². The first-order valence-corrected chi connectivity index (χ1v) is 9.36. The molecule has 1 N–H and O–H groups in total. The van der Waals surface area contributed by atoms with Crippen LogP contribution in [0.4, 0.5) is 17.2 Å². The third kappa shape index (κ3) is 3.26. The molecule has 2 aromatic rings. The van der Waals surface area contributed by atoms with Gasteiger partial charge in [0.2, 0.25) is 5.91 Å². The van der Waals surface area contributed by atoms with Crippen LogP contribution in [0.25, 0.3) is 0 Å². The number of para-hydroxylation sites is 1. The van der Waals surface area contributed by atoms with E-state index in [-0.39, 0.29) is 11.8 Å². The van der Waals surface area contributed by atoms with Crippen molar-refractivity contribution in [3.8, 4) is 0 Å².